The van der Waals surface area contributed by atoms with E-state index in [0.29, 0.717) is 12.5 Å². The number of methoxy groups -OCH3 is 1. The molecule has 84 valence electrons. The van der Waals surface area contributed by atoms with Crippen LogP contribution >= 0.6 is 0 Å². The summed E-state index contributed by atoms with van der Waals surface area (Å²) >= 11 is 0. The summed E-state index contributed by atoms with van der Waals surface area (Å²) in [6, 6.07) is 0. The molecule has 2 heteroatoms. The Balaban J connectivity index is 2.21. The Labute approximate surface area is 87.7 Å². The highest BCUT2D eigenvalue weighted by molar-refractivity contribution is 4.94. The molecular formula is C12H24O2. The Morgan fingerprint density at radius 1 is 1.29 bits per heavy atom. The van der Waals surface area contributed by atoms with Gasteiger partial charge in [0.05, 0.1) is 12.2 Å². The lowest BCUT2D eigenvalue weighted by Crippen LogP contribution is -2.36. The highest BCUT2D eigenvalue weighted by atomic mass is 16.5. The standard InChI is InChI=1S/C12H24O2/c1-3-4-5-6-9-12(13,10-14-2)11-7-8-11/h11,13H,3-10H2,1-2H3. The number of unbranched alkanes of at least 4 members (excludes halogenated alkanes) is 3. The summed E-state index contributed by atoms with van der Waals surface area (Å²) in [4.78, 5) is 0. The van der Waals surface area contributed by atoms with E-state index >= 15 is 0 Å². The first kappa shape index (κ1) is 12.0. The van der Waals surface area contributed by atoms with Crippen LogP contribution in [-0.2, 0) is 4.74 Å². The molecule has 14 heavy (non-hydrogen) atoms. The van der Waals surface area contributed by atoms with Crippen molar-refractivity contribution in [2.45, 2.75) is 57.5 Å². The molecule has 1 aliphatic rings. The monoisotopic (exact) mass is 200 g/mol. The van der Waals surface area contributed by atoms with Crippen molar-refractivity contribution in [1.82, 2.24) is 0 Å². The average Bonchev–Trinajstić information content (AvgIpc) is 2.96. The van der Waals surface area contributed by atoms with Crippen LogP contribution in [0.3, 0.4) is 0 Å². The van der Waals surface area contributed by atoms with Crippen molar-refractivity contribution < 1.29 is 9.84 Å². The number of hydrogen-bond acceptors (Lipinski definition) is 2. The Kier molecular flexibility index (Phi) is 4.90. The molecule has 1 aliphatic carbocycles. The molecule has 0 bridgehead atoms. The van der Waals surface area contributed by atoms with E-state index in [-0.39, 0.29) is 0 Å². The molecule has 0 aliphatic heterocycles. The van der Waals surface area contributed by atoms with Gasteiger partial charge < -0.3 is 9.84 Å². The molecule has 1 atom stereocenters. The Morgan fingerprint density at radius 2 is 2.00 bits per heavy atom. The van der Waals surface area contributed by atoms with Gasteiger partial charge in [-0.2, -0.15) is 0 Å². The summed E-state index contributed by atoms with van der Waals surface area (Å²) in [6.07, 6.45) is 8.23. The van der Waals surface area contributed by atoms with E-state index in [2.05, 4.69) is 6.92 Å². The molecular weight excluding hydrogens is 176 g/mol. The van der Waals surface area contributed by atoms with Gasteiger partial charge in [-0.05, 0) is 25.2 Å². The quantitative estimate of drug-likeness (QED) is 0.610. The zero-order chi connectivity index (χ0) is 10.4. The molecule has 1 rings (SSSR count). The summed E-state index contributed by atoms with van der Waals surface area (Å²) in [5.74, 6) is 0.518. The second-order valence-corrected chi connectivity index (χ2v) is 4.62. The third-order valence-electron chi connectivity index (χ3n) is 3.19. The van der Waals surface area contributed by atoms with Gasteiger partial charge in [0.2, 0.25) is 0 Å². The first-order valence-corrected chi connectivity index (χ1v) is 5.94. The maximum Gasteiger partial charge on any atom is 0.0907 e. The van der Waals surface area contributed by atoms with Crippen LogP contribution in [0.15, 0.2) is 0 Å². The van der Waals surface area contributed by atoms with Crippen LogP contribution in [-0.4, -0.2) is 24.4 Å². The molecule has 0 radical (unpaired) electrons. The molecule has 1 fully saturated rings. The van der Waals surface area contributed by atoms with E-state index < -0.39 is 5.60 Å². The summed E-state index contributed by atoms with van der Waals surface area (Å²) in [6.45, 7) is 2.73. The molecule has 1 unspecified atom stereocenters. The molecule has 0 aromatic carbocycles. The second-order valence-electron chi connectivity index (χ2n) is 4.62. The summed E-state index contributed by atoms with van der Waals surface area (Å²) < 4.78 is 5.12. The smallest absolute Gasteiger partial charge is 0.0907 e. The van der Waals surface area contributed by atoms with E-state index in [1.165, 1.54) is 32.1 Å². The topological polar surface area (TPSA) is 29.5 Å². The molecule has 0 saturated heterocycles. The van der Waals surface area contributed by atoms with Crippen molar-refractivity contribution >= 4 is 0 Å². The van der Waals surface area contributed by atoms with Gasteiger partial charge in [0, 0.05) is 7.11 Å². The van der Waals surface area contributed by atoms with Crippen molar-refractivity contribution in [2.24, 2.45) is 5.92 Å². The zero-order valence-corrected chi connectivity index (χ0v) is 9.59. The first-order valence-electron chi connectivity index (χ1n) is 5.94. The predicted molar refractivity (Wildman–Crippen MR) is 58.3 cm³/mol. The fourth-order valence-electron chi connectivity index (χ4n) is 2.12. The van der Waals surface area contributed by atoms with Crippen molar-refractivity contribution in [3.63, 3.8) is 0 Å². The van der Waals surface area contributed by atoms with Crippen molar-refractivity contribution in [3.8, 4) is 0 Å². The summed E-state index contributed by atoms with van der Waals surface area (Å²) in [5, 5.41) is 10.3. The second kappa shape index (κ2) is 5.72. The van der Waals surface area contributed by atoms with Crippen molar-refractivity contribution in [2.75, 3.05) is 13.7 Å². The summed E-state index contributed by atoms with van der Waals surface area (Å²) in [7, 11) is 1.68. The van der Waals surface area contributed by atoms with Gasteiger partial charge in [-0.25, -0.2) is 0 Å². The van der Waals surface area contributed by atoms with Crippen molar-refractivity contribution in [1.29, 1.82) is 0 Å². The predicted octanol–water partition coefficient (Wildman–Crippen LogP) is 2.74. The third-order valence-corrected chi connectivity index (χ3v) is 3.19. The Bertz CT molecular complexity index is 154. The molecule has 1 saturated carbocycles. The van der Waals surface area contributed by atoms with Crippen LogP contribution in [0.5, 0.6) is 0 Å². The maximum atomic E-state index is 10.3. The lowest BCUT2D eigenvalue weighted by molar-refractivity contribution is -0.0553. The lowest BCUT2D eigenvalue weighted by atomic mass is 9.91. The van der Waals surface area contributed by atoms with Crippen LogP contribution < -0.4 is 0 Å². The van der Waals surface area contributed by atoms with Crippen LogP contribution in [0, 0.1) is 5.92 Å². The third kappa shape index (κ3) is 3.58. The van der Waals surface area contributed by atoms with Crippen LogP contribution in [0.1, 0.15) is 51.9 Å². The lowest BCUT2D eigenvalue weighted by Gasteiger charge is -2.27. The molecule has 0 spiro atoms. The largest absolute Gasteiger partial charge is 0.387 e. The Hall–Kier alpha value is -0.0800. The molecule has 0 heterocycles. The fraction of sp³-hybridized carbons (Fsp3) is 1.00. The molecule has 2 nitrogen and oxygen atoms in total. The average molecular weight is 200 g/mol. The molecule has 0 aromatic heterocycles. The SMILES string of the molecule is CCCCCCC(O)(COC)C1CC1. The molecule has 1 N–H and O–H groups in total. The highest BCUT2D eigenvalue weighted by Crippen LogP contribution is 2.42. The minimum Gasteiger partial charge on any atom is -0.387 e. The van der Waals surface area contributed by atoms with Gasteiger partial charge >= 0.3 is 0 Å². The van der Waals surface area contributed by atoms with E-state index in [4.69, 9.17) is 4.74 Å². The van der Waals surface area contributed by atoms with E-state index in [1.54, 1.807) is 7.11 Å². The zero-order valence-electron chi connectivity index (χ0n) is 9.59. The normalized spacial score (nSPS) is 20.8. The highest BCUT2D eigenvalue weighted by Gasteiger charge is 2.43. The van der Waals surface area contributed by atoms with Gasteiger partial charge in [0.15, 0.2) is 0 Å². The maximum absolute atomic E-state index is 10.3. The molecule has 0 aromatic rings. The molecule has 0 amide bonds. The number of aliphatic hydroxyl groups is 1. The number of rotatable bonds is 8. The first-order chi connectivity index (χ1) is 6.73. The van der Waals surface area contributed by atoms with Crippen LogP contribution in [0.25, 0.3) is 0 Å². The fourth-order valence-corrected chi connectivity index (χ4v) is 2.12. The van der Waals surface area contributed by atoms with Gasteiger partial charge in [0.1, 0.15) is 0 Å². The van der Waals surface area contributed by atoms with Gasteiger partial charge in [-0.1, -0.05) is 32.6 Å². The van der Waals surface area contributed by atoms with Gasteiger partial charge in [-0.3, -0.25) is 0 Å². The minimum atomic E-state index is -0.511. The van der Waals surface area contributed by atoms with Crippen LogP contribution in [0.4, 0.5) is 0 Å². The Morgan fingerprint density at radius 3 is 2.50 bits per heavy atom. The van der Waals surface area contributed by atoms with Crippen molar-refractivity contribution in [3.05, 3.63) is 0 Å². The van der Waals surface area contributed by atoms with Crippen LogP contribution in [0.2, 0.25) is 0 Å². The summed E-state index contributed by atoms with van der Waals surface area (Å²) in [5.41, 5.74) is -0.511. The van der Waals surface area contributed by atoms with Gasteiger partial charge in [-0.15, -0.1) is 0 Å². The van der Waals surface area contributed by atoms with Gasteiger partial charge in [0.25, 0.3) is 0 Å². The van der Waals surface area contributed by atoms with E-state index in [9.17, 15) is 5.11 Å². The number of hydrogen-bond donors (Lipinski definition) is 1. The van der Waals surface area contributed by atoms with E-state index in [0.717, 1.165) is 12.8 Å². The van der Waals surface area contributed by atoms with E-state index in [1.807, 2.05) is 0 Å². The number of ether oxygens (including phenoxy) is 1. The minimum absolute atomic E-state index is 0.511.